The average Bonchev–Trinajstić information content (AvgIpc) is 3.13. The van der Waals surface area contributed by atoms with Gasteiger partial charge in [-0.15, -0.1) is 0 Å². The van der Waals surface area contributed by atoms with Crippen LogP contribution >= 0.6 is 0 Å². The zero-order valence-electron chi connectivity index (χ0n) is 12.5. The fourth-order valence-electron chi connectivity index (χ4n) is 2.96. The van der Waals surface area contributed by atoms with Crippen LogP contribution in [0, 0.1) is 6.92 Å². The molecule has 0 aliphatic heterocycles. The van der Waals surface area contributed by atoms with Crippen LogP contribution in [-0.2, 0) is 6.54 Å². The van der Waals surface area contributed by atoms with E-state index in [9.17, 15) is 0 Å². The van der Waals surface area contributed by atoms with Crippen LogP contribution in [0.5, 0.6) is 0 Å². The first-order valence-corrected chi connectivity index (χ1v) is 7.43. The molecule has 3 heteroatoms. The molecule has 0 amide bonds. The lowest BCUT2D eigenvalue weighted by atomic mass is 10.1. The highest BCUT2D eigenvalue weighted by Gasteiger charge is 2.10. The van der Waals surface area contributed by atoms with Gasteiger partial charge in [-0.2, -0.15) is 0 Å². The molecule has 0 fully saturated rings. The molecule has 0 aliphatic carbocycles. The van der Waals surface area contributed by atoms with E-state index < -0.39 is 0 Å². The molecule has 1 N–H and O–H groups in total. The first kappa shape index (κ1) is 12.9. The van der Waals surface area contributed by atoms with Crippen LogP contribution in [-0.4, -0.2) is 14.5 Å². The van der Waals surface area contributed by atoms with E-state index in [1.165, 1.54) is 22.1 Å². The van der Waals surface area contributed by atoms with Gasteiger partial charge < -0.3 is 9.55 Å². The van der Waals surface area contributed by atoms with Crippen molar-refractivity contribution in [2.75, 3.05) is 0 Å². The maximum absolute atomic E-state index is 4.35. The predicted molar refractivity (Wildman–Crippen MR) is 89.8 cm³/mol. The summed E-state index contributed by atoms with van der Waals surface area (Å²) in [5.41, 5.74) is 6.06. The molecule has 0 unspecified atom stereocenters. The molecule has 0 saturated heterocycles. The summed E-state index contributed by atoms with van der Waals surface area (Å²) in [5, 5.41) is 1.23. The number of hydrogen-bond acceptors (Lipinski definition) is 1. The molecule has 22 heavy (non-hydrogen) atoms. The number of benzene rings is 2. The maximum Gasteiger partial charge on any atom is 0.0954 e. The van der Waals surface area contributed by atoms with E-state index in [1.54, 1.807) is 0 Å². The fraction of sp³-hybridized carbons (Fsp3) is 0.105. The number of nitrogens with one attached hydrogen (secondary N) is 1. The van der Waals surface area contributed by atoms with Crippen LogP contribution in [0.15, 0.2) is 67.3 Å². The van der Waals surface area contributed by atoms with Gasteiger partial charge in [0.05, 0.1) is 18.2 Å². The number of hydrogen-bond donors (Lipinski definition) is 1. The molecule has 2 aromatic heterocycles. The van der Waals surface area contributed by atoms with Gasteiger partial charge in [-0.05, 0) is 18.6 Å². The van der Waals surface area contributed by atoms with Crippen LogP contribution in [0.25, 0.3) is 22.2 Å². The smallest absolute Gasteiger partial charge is 0.0954 e. The molecule has 0 radical (unpaired) electrons. The molecule has 0 atom stereocenters. The monoisotopic (exact) mass is 287 g/mol. The molecular formula is C19H17N3. The van der Waals surface area contributed by atoms with E-state index in [1.807, 2.05) is 18.6 Å². The Hall–Kier alpha value is -2.81. The van der Waals surface area contributed by atoms with Gasteiger partial charge >= 0.3 is 0 Å². The summed E-state index contributed by atoms with van der Waals surface area (Å²) in [5.74, 6) is 0. The zero-order chi connectivity index (χ0) is 14.9. The third-order valence-corrected chi connectivity index (χ3v) is 4.01. The number of aromatic amines is 1. The number of rotatable bonds is 3. The Morgan fingerprint density at radius 1 is 1.09 bits per heavy atom. The van der Waals surface area contributed by atoms with Crippen LogP contribution < -0.4 is 0 Å². The molecule has 108 valence electrons. The second kappa shape index (κ2) is 5.19. The lowest BCUT2D eigenvalue weighted by Gasteiger charge is -2.08. The Bertz CT molecular complexity index is 930. The van der Waals surface area contributed by atoms with Crippen molar-refractivity contribution in [2.45, 2.75) is 13.5 Å². The summed E-state index contributed by atoms with van der Waals surface area (Å²) < 4.78 is 2.20. The van der Waals surface area contributed by atoms with E-state index in [-0.39, 0.29) is 0 Å². The van der Waals surface area contributed by atoms with E-state index in [0.29, 0.717) is 0 Å². The van der Waals surface area contributed by atoms with Crippen LogP contribution in [0.3, 0.4) is 0 Å². The molecule has 3 nitrogen and oxygen atoms in total. The molecule has 0 aliphatic rings. The summed E-state index contributed by atoms with van der Waals surface area (Å²) >= 11 is 0. The van der Waals surface area contributed by atoms with Crippen molar-refractivity contribution in [3.8, 4) is 11.3 Å². The Morgan fingerprint density at radius 2 is 2.00 bits per heavy atom. The quantitative estimate of drug-likeness (QED) is 0.595. The first-order chi connectivity index (χ1) is 10.8. The average molecular weight is 287 g/mol. The number of aromatic nitrogens is 3. The standard InChI is InChI=1S/C19H17N3/c1-14-5-4-6-15(9-14)12-22-13-20-11-19(22)17-10-21-18-8-3-2-7-16(17)18/h2-11,13,21H,12H2,1H3. The molecule has 2 aromatic carbocycles. The van der Waals surface area contributed by atoms with E-state index >= 15 is 0 Å². The lowest BCUT2D eigenvalue weighted by molar-refractivity contribution is 0.804. The molecule has 4 aromatic rings. The van der Waals surface area contributed by atoms with Gasteiger partial charge in [0.1, 0.15) is 0 Å². The second-order valence-electron chi connectivity index (χ2n) is 5.64. The number of H-pyrrole nitrogens is 1. The van der Waals surface area contributed by atoms with E-state index in [0.717, 1.165) is 17.8 Å². The summed E-state index contributed by atoms with van der Waals surface area (Å²) in [4.78, 5) is 7.69. The van der Waals surface area contributed by atoms with Crippen molar-refractivity contribution in [3.05, 3.63) is 78.4 Å². The second-order valence-corrected chi connectivity index (χ2v) is 5.64. The minimum atomic E-state index is 0.830. The summed E-state index contributed by atoms with van der Waals surface area (Å²) in [7, 11) is 0. The maximum atomic E-state index is 4.35. The number of fused-ring (bicyclic) bond motifs is 1. The van der Waals surface area contributed by atoms with Gasteiger partial charge in [-0.3, -0.25) is 0 Å². The highest BCUT2D eigenvalue weighted by molar-refractivity contribution is 5.94. The Kier molecular flexibility index (Phi) is 3.04. The molecule has 0 spiro atoms. The van der Waals surface area contributed by atoms with Gasteiger partial charge in [0.25, 0.3) is 0 Å². The minimum absolute atomic E-state index is 0.830. The highest BCUT2D eigenvalue weighted by Crippen LogP contribution is 2.28. The summed E-state index contributed by atoms with van der Waals surface area (Å²) in [6.45, 7) is 2.95. The number of imidazole rings is 1. The summed E-state index contributed by atoms with van der Waals surface area (Å²) in [6, 6.07) is 17.0. The van der Waals surface area contributed by atoms with Crippen LogP contribution in [0.1, 0.15) is 11.1 Å². The fourth-order valence-corrected chi connectivity index (χ4v) is 2.96. The number of para-hydroxylation sites is 1. The molecule has 4 rings (SSSR count). The summed E-state index contributed by atoms with van der Waals surface area (Å²) in [6.07, 6.45) is 5.90. The van der Waals surface area contributed by atoms with Gasteiger partial charge in [0.2, 0.25) is 0 Å². The van der Waals surface area contributed by atoms with Crippen LogP contribution in [0.2, 0.25) is 0 Å². The SMILES string of the molecule is Cc1cccc(Cn2cncc2-c2c[nH]c3ccccc23)c1. The van der Waals surface area contributed by atoms with E-state index in [2.05, 4.69) is 70.1 Å². The molecule has 2 heterocycles. The van der Waals surface area contributed by atoms with Crippen molar-refractivity contribution in [2.24, 2.45) is 0 Å². The minimum Gasteiger partial charge on any atom is -0.360 e. The Labute approximate surface area is 129 Å². The van der Waals surface area contributed by atoms with Crippen molar-refractivity contribution < 1.29 is 0 Å². The van der Waals surface area contributed by atoms with Gasteiger partial charge in [0.15, 0.2) is 0 Å². The lowest BCUT2D eigenvalue weighted by Crippen LogP contribution is -2.00. The van der Waals surface area contributed by atoms with E-state index in [4.69, 9.17) is 0 Å². The van der Waals surface area contributed by atoms with Gasteiger partial charge in [-0.1, -0.05) is 48.0 Å². The van der Waals surface area contributed by atoms with Crippen molar-refractivity contribution in [1.82, 2.24) is 14.5 Å². The Morgan fingerprint density at radius 3 is 2.91 bits per heavy atom. The van der Waals surface area contributed by atoms with Crippen molar-refractivity contribution in [1.29, 1.82) is 0 Å². The molecule has 0 saturated carbocycles. The largest absolute Gasteiger partial charge is 0.360 e. The molecule has 0 bridgehead atoms. The van der Waals surface area contributed by atoms with Crippen LogP contribution in [0.4, 0.5) is 0 Å². The van der Waals surface area contributed by atoms with Gasteiger partial charge in [-0.25, -0.2) is 4.98 Å². The third kappa shape index (κ3) is 2.21. The molecular weight excluding hydrogens is 270 g/mol. The highest BCUT2D eigenvalue weighted by atomic mass is 15.0. The third-order valence-electron chi connectivity index (χ3n) is 4.01. The number of nitrogens with zero attached hydrogens (tertiary/aromatic N) is 2. The zero-order valence-corrected chi connectivity index (χ0v) is 12.5. The van der Waals surface area contributed by atoms with Crippen molar-refractivity contribution in [3.63, 3.8) is 0 Å². The Balaban J connectivity index is 1.77. The normalized spacial score (nSPS) is 11.1. The topological polar surface area (TPSA) is 33.6 Å². The number of aryl methyl sites for hydroxylation is 1. The first-order valence-electron chi connectivity index (χ1n) is 7.43. The van der Waals surface area contributed by atoms with Crippen molar-refractivity contribution >= 4 is 10.9 Å². The predicted octanol–water partition coefficient (Wildman–Crippen LogP) is 4.39. The van der Waals surface area contributed by atoms with Gasteiger partial charge in [0, 0.05) is 29.2 Å².